The van der Waals surface area contributed by atoms with E-state index in [2.05, 4.69) is 21.9 Å². The monoisotopic (exact) mass is 515 g/mol. The molecular formula is C27H26ClN7O2. The summed E-state index contributed by atoms with van der Waals surface area (Å²) in [5.41, 5.74) is 9.92. The molecule has 37 heavy (non-hydrogen) atoms. The molecule has 0 saturated carbocycles. The minimum atomic E-state index is -0.174. The predicted molar refractivity (Wildman–Crippen MR) is 143 cm³/mol. The number of carbonyl (C=O) groups excluding carboxylic acids is 2. The van der Waals surface area contributed by atoms with Gasteiger partial charge in [0.15, 0.2) is 5.65 Å². The minimum absolute atomic E-state index is 0.0365. The number of anilines is 1. The maximum atomic E-state index is 12.4. The van der Waals surface area contributed by atoms with Gasteiger partial charge in [-0.1, -0.05) is 42.4 Å². The Labute approximate surface area is 219 Å². The summed E-state index contributed by atoms with van der Waals surface area (Å²) < 4.78 is 1.87. The second kappa shape index (κ2) is 10.4. The van der Waals surface area contributed by atoms with Crippen molar-refractivity contribution in [2.75, 3.05) is 18.8 Å². The molecule has 9 nitrogen and oxygen atoms in total. The highest BCUT2D eigenvalue weighted by Crippen LogP contribution is 2.33. The molecular weight excluding hydrogens is 490 g/mol. The molecule has 1 aliphatic heterocycles. The Kier molecular flexibility index (Phi) is 6.87. The number of likely N-dealkylation sites (tertiary alicyclic amines) is 1. The van der Waals surface area contributed by atoms with Crippen LogP contribution >= 0.6 is 11.6 Å². The third kappa shape index (κ3) is 5.03. The quantitative estimate of drug-likeness (QED) is 0.374. The average Bonchev–Trinajstić information content (AvgIpc) is 3.33. The van der Waals surface area contributed by atoms with Crippen LogP contribution in [0.3, 0.4) is 0 Å². The lowest BCUT2D eigenvalue weighted by atomic mass is 10.1. The molecule has 3 N–H and O–H groups in total. The van der Waals surface area contributed by atoms with Crippen molar-refractivity contribution >= 4 is 40.3 Å². The van der Waals surface area contributed by atoms with E-state index in [0.717, 1.165) is 24.0 Å². The zero-order valence-corrected chi connectivity index (χ0v) is 20.9. The second-order valence-corrected chi connectivity index (χ2v) is 9.36. The molecule has 10 heteroatoms. The summed E-state index contributed by atoms with van der Waals surface area (Å²) in [5, 5.41) is 9.08. The first-order valence-corrected chi connectivity index (χ1v) is 12.4. The number of benzene rings is 2. The topological polar surface area (TPSA) is 119 Å². The number of carbonyl (C=O) groups is 2. The number of hydrogen-bond donors (Lipinski definition) is 2. The molecule has 2 amide bonds. The average molecular weight is 516 g/mol. The zero-order valence-electron chi connectivity index (χ0n) is 20.1. The fourth-order valence-corrected chi connectivity index (χ4v) is 4.73. The maximum absolute atomic E-state index is 12.4. The van der Waals surface area contributed by atoms with Crippen LogP contribution in [0.4, 0.5) is 5.82 Å². The van der Waals surface area contributed by atoms with Crippen molar-refractivity contribution in [3.63, 3.8) is 0 Å². The van der Waals surface area contributed by atoms with Crippen LogP contribution < -0.4 is 11.1 Å². The lowest BCUT2D eigenvalue weighted by molar-refractivity contribution is -0.127. The molecule has 1 aliphatic rings. The van der Waals surface area contributed by atoms with E-state index in [4.69, 9.17) is 22.4 Å². The number of fused-ring (bicyclic) bond motifs is 1. The van der Waals surface area contributed by atoms with Crippen LogP contribution in [0, 0.1) is 0 Å². The fraction of sp³-hybridized carbons (Fsp3) is 0.222. The SMILES string of the molecule is C=CC(=O)N1CCCC(n2nc(-c3ccc(CNC(=O)c4ccc(Cl)cc4)cc3)c3c(N)ncnc32)C1. The molecule has 1 fully saturated rings. The number of nitrogen functional groups attached to an aromatic ring is 1. The van der Waals surface area contributed by atoms with E-state index < -0.39 is 0 Å². The molecule has 4 aromatic rings. The van der Waals surface area contributed by atoms with Crippen LogP contribution in [0.2, 0.25) is 5.02 Å². The van der Waals surface area contributed by atoms with Crippen molar-refractivity contribution in [2.45, 2.75) is 25.4 Å². The summed E-state index contributed by atoms with van der Waals surface area (Å²) in [7, 11) is 0. The third-order valence-corrected chi connectivity index (χ3v) is 6.79. The number of amides is 2. The van der Waals surface area contributed by atoms with Gasteiger partial charge in [-0.15, -0.1) is 0 Å². The smallest absolute Gasteiger partial charge is 0.251 e. The summed E-state index contributed by atoms with van der Waals surface area (Å²) in [6.45, 7) is 5.20. The molecule has 5 rings (SSSR count). The standard InChI is InChI=1S/C27H26ClN7O2/c1-2-22(36)34-13-3-4-21(15-34)35-26-23(25(29)31-16-32-26)24(33-35)18-7-5-17(6-8-18)14-30-27(37)19-9-11-20(28)12-10-19/h2,5-12,16,21H,1,3-4,13-15H2,(H,30,37)(H2,29,31,32). The molecule has 1 unspecified atom stereocenters. The number of nitrogens with two attached hydrogens (primary N) is 1. The van der Waals surface area contributed by atoms with Crippen molar-refractivity contribution in [1.82, 2.24) is 30.0 Å². The predicted octanol–water partition coefficient (Wildman–Crippen LogP) is 4.01. The Morgan fingerprint density at radius 1 is 1.14 bits per heavy atom. The van der Waals surface area contributed by atoms with Crippen molar-refractivity contribution < 1.29 is 9.59 Å². The molecule has 188 valence electrons. The Hall–Kier alpha value is -4.24. The van der Waals surface area contributed by atoms with Crippen molar-refractivity contribution in [3.8, 4) is 11.3 Å². The van der Waals surface area contributed by atoms with E-state index in [1.54, 1.807) is 29.2 Å². The van der Waals surface area contributed by atoms with Crippen molar-refractivity contribution in [2.24, 2.45) is 0 Å². The highest BCUT2D eigenvalue weighted by molar-refractivity contribution is 6.30. The first-order chi connectivity index (χ1) is 17.9. The van der Waals surface area contributed by atoms with Gasteiger partial charge in [-0.05, 0) is 48.7 Å². The molecule has 0 bridgehead atoms. The summed E-state index contributed by atoms with van der Waals surface area (Å²) >= 11 is 5.90. The van der Waals surface area contributed by atoms with Crippen molar-refractivity contribution in [3.05, 3.63) is 83.7 Å². The molecule has 1 atom stereocenters. The third-order valence-electron chi connectivity index (χ3n) is 6.53. The van der Waals surface area contributed by atoms with Gasteiger partial charge < -0.3 is 16.0 Å². The van der Waals surface area contributed by atoms with Crippen LogP contribution in [-0.2, 0) is 11.3 Å². The zero-order chi connectivity index (χ0) is 25.9. The van der Waals surface area contributed by atoms with E-state index in [1.165, 1.54) is 12.4 Å². The first kappa shape index (κ1) is 24.5. The van der Waals surface area contributed by atoms with Gasteiger partial charge in [0.25, 0.3) is 5.91 Å². The summed E-state index contributed by atoms with van der Waals surface area (Å²) in [4.78, 5) is 35.1. The highest BCUT2D eigenvalue weighted by Gasteiger charge is 2.28. The van der Waals surface area contributed by atoms with Gasteiger partial charge in [0.1, 0.15) is 17.8 Å². The molecule has 0 radical (unpaired) electrons. The number of aromatic nitrogens is 4. The van der Waals surface area contributed by atoms with Crippen molar-refractivity contribution in [1.29, 1.82) is 0 Å². The number of hydrogen-bond acceptors (Lipinski definition) is 6. The summed E-state index contributed by atoms with van der Waals surface area (Å²) in [5.74, 6) is 0.0847. The highest BCUT2D eigenvalue weighted by atomic mass is 35.5. The minimum Gasteiger partial charge on any atom is -0.383 e. The molecule has 1 saturated heterocycles. The van der Waals surface area contributed by atoms with E-state index >= 15 is 0 Å². The number of halogens is 1. The number of piperidine rings is 1. The lowest BCUT2D eigenvalue weighted by Crippen LogP contribution is -2.40. The van der Waals surface area contributed by atoms with Gasteiger partial charge >= 0.3 is 0 Å². The van der Waals surface area contributed by atoms with E-state index in [1.807, 2.05) is 28.9 Å². The Morgan fingerprint density at radius 2 is 1.89 bits per heavy atom. The second-order valence-electron chi connectivity index (χ2n) is 8.92. The Balaban J connectivity index is 1.39. The summed E-state index contributed by atoms with van der Waals surface area (Å²) in [6, 6.07) is 14.5. The normalized spacial score (nSPS) is 15.5. The number of rotatable bonds is 6. The van der Waals surface area contributed by atoms with E-state index in [0.29, 0.717) is 52.8 Å². The summed E-state index contributed by atoms with van der Waals surface area (Å²) in [6.07, 6.45) is 4.50. The van der Waals surface area contributed by atoms with Gasteiger partial charge in [0.2, 0.25) is 5.91 Å². The van der Waals surface area contributed by atoms with Gasteiger partial charge in [0, 0.05) is 35.8 Å². The molecule has 2 aromatic heterocycles. The number of nitrogens with one attached hydrogen (secondary N) is 1. The van der Waals surface area contributed by atoms with Crippen LogP contribution in [-0.4, -0.2) is 49.6 Å². The first-order valence-electron chi connectivity index (χ1n) is 12.0. The van der Waals surface area contributed by atoms with Gasteiger partial charge in [-0.25, -0.2) is 14.6 Å². The van der Waals surface area contributed by atoms with Gasteiger partial charge in [-0.2, -0.15) is 5.10 Å². The Morgan fingerprint density at radius 3 is 2.62 bits per heavy atom. The molecule has 2 aromatic carbocycles. The fourth-order valence-electron chi connectivity index (χ4n) is 4.60. The van der Waals surface area contributed by atoms with Crippen LogP contribution in [0.15, 0.2) is 67.5 Å². The lowest BCUT2D eigenvalue weighted by Gasteiger charge is -2.32. The van der Waals surface area contributed by atoms with Crippen LogP contribution in [0.1, 0.15) is 34.8 Å². The molecule has 0 aliphatic carbocycles. The maximum Gasteiger partial charge on any atom is 0.251 e. The Bertz CT molecular complexity index is 1460. The molecule has 3 heterocycles. The van der Waals surface area contributed by atoms with E-state index in [-0.39, 0.29) is 17.9 Å². The van der Waals surface area contributed by atoms with Crippen LogP contribution in [0.5, 0.6) is 0 Å². The van der Waals surface area contributed by atoms with Crippen LogP contribution in [0.25, 0.3) is 22.3 Å². The molecule has 0 spiro atoms. The van der Waals surface area contributed by atoms with Gasteiger partial charge in [-0.3, -0.25) is 9.59 Å². The van der Waals surface area contributed by atoms with E-state index in [9.17, 15) is 9.59 Å². The van der Waals surface area contributed by atoms with Gasteiger partial charge in [0.05, 0.1) is 11.4 Å². The number of nitrogens with zero attached hydrogens (tertiary/aromatic N) is 5. The largest absolute Gasteiger partial charge is 0.383 e.